The summed E-state index contributed by atoms with van der Waals surface area (Å²) in [5.41, 5.74) is 1.33. The topological polar surface area (TPSA) is 171 Å². The number of esters is 1. The predicted octanol–water partition coefficient (Wildman–Crippen LogP) is 5.43. The minimum Gasteiger partial charge on any atom is -0.426 e. The summed E-state index contributed by atoms with van der Waals surface area (Å²) in [6, 6.07) is 13.1. The van der Waals surface area contributed by atoms with Crippen LogP contribution in [0.15, 0.2) is 48.5 Å². The Hall–Kier alpha value is -3.34. The van der Waals surface area contributed by atoms with E-state index in [-0.39, 0.29) is 21.6 Å². The van der Waals surface area contributed by atoms with Gasteiger partial charge in [0.15, 0.2) is 0 Å². The first kappa shape index (κ1) is 32.6. The Bertz CT molecular complexity index is 1320. The first-order chi connectivity index (χ1) is 20.7. The van der Waals surface area contributed by atoms with Crippen molar-refractivity contribution in [1.29, 1.82) is 0 Å². The molecule has 6 heterocycles. The Morgan fingerprint density at radius 1 is 0.930 bits per heavy atom. The number of amides is 1. The van der Waals surface area contributed by atoms with Gasteiger partial charge in [-0.15, -0.1) is 0 Å². The Kier molecular flexibility index (Phi) is 11.7. The number of nitrogens with one attached hydrogen (secondary N) is 1. The van der Waals surface area contributed by atoms with Crippen molar-refractivity contribution in [2.45, 2.75) is 56.4 Å². The largest absolute Gasteiger partial charge is 0.426 e. The third kappa shape index (κ3) is 8.84. The number of carbonyl (C=O) groups excluding carboxylic acids is 3. The number of likely N-dealkylation sites (tertiary alicyclic amines) is 1. The van der Waals surface area contributed by atoms with E-state index < -0.39 is 28.3 Å². The third-order valence-corrected chi connectivity index (χ3v) is 10.6. The molecule has 0 radical (unpaired) electrons. The molecule has 0 saturated carbocycles. The van der Waals surface area contributed by atoms with Crippen molar-refractivity contribution in [3.05, 3.63) is 85.4 Å². The zero-order chi connectivity index (χ0) is 30.9. The number of piperidine rings is 1. The van der Waals surface area contributed by atoms with Crippen molar-refractivity contribution in [2.24, 2.45) is 0 Å². The van der Waals surface area contributed by atoms with Crippen LogP contribution in [-0.2, 0) is 9.53 Å². The van der Waals surface area contributed by atoms with Crippen LogP contribution in [0.5, 0.6) is 5.75 Å². The lowest BCUT2D eigenvalue weighted by Gasteiger charge is -2.34. The van der Waals surface area contributed by atoms with Gasteiger partial charge in [0.05, 0.1) is 32.4 Å². The highest BCUT2D eigenvalue weighted by molar-refractivity contribution is 8.86. The maximum absolute atomic E-state index is 11.8. The Morgan fingerprint density at radius 2 is 1.51 bits per heavy atom. The van der Waals surface area contributed by atoms with Crippen LogP contribution < -0.4 is 10.1 Å². The van der Waals surface area contributed by atoms with Gasteiger partial charge in [-0.2, -0.15) is 0 Å². The minimum atomic E-state index is -1.36. The van der Waals surface area contributed by atoms with Crippen LogP contribution in [0, 0.1) is 20.2 Å². The predicted molar refractivity (Wildman–Crippen MR) is 163 cm³/mol. The number of hydrogen-bond acceptors (Lipinski definition) is 13. The summed E-state index contributed by atoms with van der Waals surface area (Å²) in [5.74, 6) is 0.820. The fourth-order valence-corrected chi connectivity index (χ4v) is 8.01. The molecule has 2 aromatic carbocycles. The highest BCUT2D eigenvalue weighted by atomic mass is 33.1. The average Bonchev–Trinajstić information content (AvgIpc) is 3.28. The number of rotatable bonds is 7. The minimum absolute atomic E-state index is 0.00632. The van der Waals surface area contributed by atoms with Gasteiger partial charge >= 0.3 is 18.4 Å². The van der Waals surface area contributed by atoms with Crippen molar-refractivity contribution in [3.8, 4) is 5.75 Å². The van der Waals surface area contributed by atoms with Gasteiger partial charge < -0.3 is 14.8 Å². The maximum atomic E-state index is 11.8. The molecule has 1 N–H and O–H groups in total. The van der Waals surface area contributed by atoms with Crippen LogP contribution in [-0.4, -0.2) is 61.3 Å². The highest BCUT2D eigenvalue weighted by Crippen LogP contribution is 2.35. The number of benzene rings is 2. The molecule has 2 fully saturated rings. The SMILES string of the molecule is CCC1NC(=O)C1SC(=O)SSCN1CCCCC1.O=C1OC([N+](=O)[O-])c2ccc1cc2.O=[N+]([O-])C1Oc2ccc1cc2. The fourth-order valence-electron chi connectivity index (χ4n) is 4.50. The van der Waals surface area contributed by atoms with Gasteiger partial charge in [-0.05, 0) is 91.7 Å². The number of ether oxygens (including phenoxy) is 2. The van der Waals surface area contributed by atoms with E-state index in [1.807, 2.05) is 6.92 Å². The van der Waals surface area contributed by atoms with Crippen molar-refractivity contribution < 1.29 is 33.7 Å². The van der Waals surface area contributed by atoms with Crippen molar-refractivity contribution in [2.75, 3.05) is 19.0 Å². The van der Waals surface area contributed by atoms with Crippen molar-refractivity contribution >= 4 is 49.7 Å². The molecule has 6 aliphatic rings. The Labute approximate surface area is 259 Å². The molecule has 230 valence electrons. The molecule has 2 aromatic rings. The van der Waals surface area contributed by atoms with E-state index in [1.54, 1.807) is 35.1 Å². The number of β-lactam (4-membered cyclic amide) rings is 1. The highest BCUT2D eigenvalue weighted by Gasteiger charge is 2.40. The van der Waals surface area contributed by atoms with E-state index in [0.29, 0.717) is 22.4 Å². The molecule has 2 saturated heterocycles. The van der Waals surface area contributed by atoms with Gasteiger partial charge in [0.25, 0.3) is 4.45 Å². The number of hydrogen-bond donors (Lipinski definition) is 1. The molecule has 43 heavy (non-hydrogen) atoms. The third-order valence-electron chi connectivity index (χ3n) is 6.87. The Morgan fingerprint density at radius 3 is 2.02 bits per heavy atom. The molecule has 6 aliphatic heterocycles. The van der Waals surface area contributed by atoms with Gasteiger partial charge in [0.1, 0.15) is 11.0 Å². The van der Waals surface area contributed by atoms with Crippen molar-refractivity contribution in [3.63, 3.8) is 0 Å². The molecule has 16 heteroatoms. The monoisotopic (exact) mass is 650 g/mol. The summed E-state index contributed by atoms with van der Waals surface area (Å²) < 4.78 is 9.63. The van der Waals surface area contributed by atoms with E-state index in [1.165, 1.54) is 66.1 Å². The number of thioether (sulfide) groups is 1. The molecule has 4 atom stereocenters. The molecule has 4 unspecified atom stereocenters. The van der Waals surface area contributed by atoms with Crippen LogP contribution >= 0.6 is 33.3 Å². The lowest BCUT2D eigenvalue weighted by molar-refractivity contribution is -0.574. The number of carbonyl (C=O) groups is 3. The number of nitro groups is 2. The Balaban J connectivity index is 0.000000154. The molecular formula is C27H30N4O9S3. The number of fused-ring (bicyclic) bond motifs is 7. The number of nitrogens with zero attached hydrogens (tertiary/aromatic N) is 3. The summed E-state index contributed by atoms with van der Waals surface area (Å²) in [6.45, 7) is 4.33. The molecular weight excluding hydrogens is 621 g/mol. The van der Waals surface area contributed by atoms with Gasteiger partial charge in [-0.25, -0.2) is 4.79 Å². The summed E-state index contributed by atoms with van der Waals surface area (Å²) in [5, 5.41) is 23.4. The zero-order valence-electron chi connectivity index (χ0n) is 23.1. The second-order valence-electron chi connectivity index (χ2n) is 9.81. The van der Waals surface area contributed by atoms with Gasteiger partial charge in [-0.3, -0.25) is 34.7 Å². The molecule has 13 nitrogen and oxygen atoms in total. The quantitative estimate of drug-likeness (QED) is 0.132. The fraction of sp³-hybridized carbons (Fsp3) is 0.444. The van der Waals surface area contributed by atoms with Crippen LogP contribution in [0.3, 0.4) is 0 Å². The van der Waals surface area contributed by atoms with Crippen molar-refractivity contribution in [1.82, 2.24) is 10.2 Å². The lowest BCUT2D eigenvalue weighted by atomic mass is 10.0. The zero-order valence-corrected chi connectivity index (χ0v) is 25.6. The molecule has 4 bridgehead atoms. The first-order valence-corrected chi connectivity index (χ1v) is 16.7. The summed E-state index contributed by atoms with van der Waals surface area (Å²) in [7, 11) is 2.88. The molecule has 8 rings (SSSR count). The second-order valence-corrected chi connectivity index (χ2v) is 13.4. The average molecular weight is 651 g/mol. The van der Waals surface area contributed by atoms with Gasteiger partial charge in [0.2, 0.25) is 5.91 Å². The van der Waals surface area contributed by atoms with Gasteiger partial charge in [-0.1, -0.05) is 35.9 Å². The second kappa shape index (κ2) is 15.4. The van der Waals surface area contributed by atoms with Crippen LogP contribution in [0.4, 0.5) is 4.79 Å². The molecule has 0 aliphatic carbocycles. The van der Waals surface area contributed by atoms with Crippen LogP contribution in [0.2, 0.25) is 0 Å². The standard InChI is InChI=1S/C12H20N2O2S3.C8H5NO4.C7H5NO3/c1-2-9-10(11(15)13-9)18-12(16)19-17-8-14-6-4-3-5-7-14;10-8-6-3-1-5(2-4-6)7(13-8)9(11)12;9-8(10)7-5-1-3-6(11-7)4-2-5/h9-10H,2-8H2,1H3,(H,13,15);1-4,7H;1-4,7H. The van der Waals surface area contributed by atoms with E-state index in [4.69, 9.17) is 4.74 Å². The smallest absolute Gasteiger partial charge is 0.383 e. The van der Waals surface area contributed by atoms with E-state index in [9.17, 15) is 34.6 Å². The molecule has 1 amide bonds. The summed E-state index contributed by atoms with van der Waals surface area (Å²) >= 11 is 1.19. The molecule has 0 spiro atoms. The normalized spacial score (nSPS) is 23.1. The van der Waals surface area contributed by atoms with E-state index in [0.717, 1.165) is 25.4 Å². The summed E-state index contributed by atoms with van der Waals surface area (Å²) in [4.78, 5) is 56.4. The van der Waals surface area contributed by atoms with Crippen LogP contribution in [0.25, 0.3) is 0 Å². The van der Waals surface area contributed by atoms with Crippen LogP contribution in [0.1, 0.15) is 66.5 Å². The first-order valence-electron chi connectivity index (χ1n) is 13.5. The maximum Gasteiger partial charge on any atom is 0.383 e. The lowest BCUT2D eigenvalue weighted by Crippen LogP contribution is -2.60. The van der Waals surface area contributed by atoms with Gasteiger partial charge in [0, 0.05) is 6.04 Å². The summed E-state index contributed by atoms with van der Waals surface area (Å²) in [6.07, 6.45) is 2.42. The molecule has 0 aromatic heterocycles. The van der Waals surface area contributed by atoms with E-state index in [2.05, 4.69) is 15.0 Å². The van der Waals surface area contributed by atoms with E-state index >= 15 is 0 Å².